The van der Waals surface area contributed by atoms with E-state index in [0.29, 0.717) is 4.90 Å². The molecule has 7 nitrogen and oxygen atoms in total. The quantitative estimate of drug-likeness (QED) is 0.855. The van der Waals surface area contributed by atoms with E-state index in [2.05, 4.69) is 10.4 Å². The molecule has 0 saturated heterocycles. The molecule has 2 amide bonds. The highest BCUT2D eigenvalue weighted by Crippen LogP contribution is 2.34. The Morgan fingerprint density at radius 3 is 2.70 bits per heavy atom. The zero-order valence-corrected chi connectivity index (χ0v) is 14.7. The van der Waals surface area contributed by atoms with Crippen LogP contribution < -0.4 is 15.8 Å². The fourth-order valence-corrected chi connectivity index (χ4v) is 3.47. The standard InChI is InChI=1S/C16H13F3N4O3S/c1-22-13(25)8-27-11-6-20-23(15(26)14(11)22)7-12(24)21-10-5-3-2-4-9(10)16(17,18)19/h2-6H,7-8H2,1H3,(H,21,24). The lowest BCUT2D eigenvalue weighted by atomic mass is 10.1. The van der Waals surface area contributed by atoms with Crippen LogP contribution in [0.2, 0.25) is 0 Å². The summed E-state index contributed by atoms with van der Waals surface area (Å²) in [6.45, 7) is -0.592. The number of nitrogens with zero attached hydrogens (tertiary/aromatic N) is 3. The molecule has 1 aliphatic rings. The summed E-state index contributed by atoms with van der Waals surface area (Å²) in [5, 5.41) is 6.01. The fraction of sp³-hybridized carbons (Fsp3) is 0.250. The second-order valence-corrected chi connectivity index (χ2v) is 6.67. The van der Waals surface area contributed by atoms with Crippen molar-refractivity contribution in [3.63, 3.8) is 0 Å². The molecule has 0 bridgehead atoms. The molecule has 0 spiro atoms. The van der Waals surface area contributed by atoms with E-state index in [-0.39, 0.29) is 17.3 Å². The Bertz CT molecular complexity index is 974. The van der Waals surface area contributed by atoms with Gasteiger partial charge >= 0.3 is 6.18 Å². The first-order valence-corrected chi connectivity index (χ1v) is 8.62. The first-order valence-electron chi connectivity index (χ1n) is 7.64. The van der Waals surface area contributed by atoms with Crippen LogP contribution in [0.3, 0.4) is 0 Å². The van der Waals surface area contributed by atoms with E-state index in [0.717, 1.165) is 28.6 Å². The van der Waals surface area contributed by atoms with Crippen LogP contribution in [0, 0.1) is 0 Å². The largest absolute Gasteiger partial charge is 0.418 e. The maximum atomic E-state index is 13.0. The summed E-state index contributed by atoms with van der Waals surface area (Å²) >= 11 is 1.16. The Balaban J connectivity index is 1.85. The number of para-hydroxylation sites is 1. The molecule has 0 aliphatic carbocycles. The number of carbonyl (C=O) groups is 2. The van der Waals surface area contributed by atoms with Crippen LogP contribution in [0.15, 0.2) is 40.2 Å². The zero-order chi connectivity index (χ0) is 19.8. The molecule has 1 aliphatic heterocycles. The zero-order valence-electron chi connectivity index (χ0n) is 13.9. The number of carbonyl (C=O) groups excluding carboxylic acids is 2. The van der Waals surface area contributed by atoms with Gasteiger partial charge in [0.25, 0.3) is 5.56 Å². The predicted octanol–water partition coefficient (Wildman–Crippen LogP) is 1.97. The Morgan fingerprint density at radius 2 is 2.00 bits per heavy atom. The minimum absolute atomic E-state index is 0.0924. The number of nitrogens with one attached hydrogen (secondary N) is 1. The summed E-state index contributed by atoms with van der Waals surface area (Å²) in [6, 6.07) is 4.52. The second kappa shape index (κ2) is 7.06. The molecule has 3 rings (SSSR count). The molecule has 2 aromatic rings. The molecule has 0 fully saturated rings. The number of amides is 2. The molecule has 2 heterocycles. The van der Waals surface area contributed by atoms with E-state index in [1.807, 2.05) is 0 Å². The van der Waals surface area contributed by atoms with Crippen molar-refractivity contribution >= 4 is 35.0 Å². The Hall–Kier alpha value is -2.82. The van der Waals surface area contributed by atoms with Crippen LogP contribution in [0.5, 0.6) is 0 Å². The Labute approximate surface area is 155 Å². The highest BCUT2D eigenvalue weighted by atomic mass is 32.2. The number of anilines is 2. The van der Waals surface area contributed by atoms with Crippen molar-refractivity contribution in [2.45, 2.75) is 17.6 Å². The maximum Gasteiger partial charge on any atom is 0.418 e. The normalized spacial score (nSPS) is 14.1. The van der Waals surface area contributed by atoms with E-state index >= 15 is 0 Å². The van der Waals surface area contributed by atoms with Gasteiger partial charge in [-0.05, 0) is 12.1 Å². The lowest BCUT2D eigenvalue weighted by Gasteiger charge is -2.24. The summed E-state index contributed by atoms with van der Waals surface area (Å²) in [5.74, 6) is -0.951. The Kier molecular flexibility index (Phi) is 4.96. The lowest BCUT2D eigenvalue weighted by molar-refractivity contribution is -0.137. The van der Waals surface area contributed by atoms with Gasteiger partial charge in [0.05, 0.1) is 28.1 Å². The predicted molar refractivity (Wildman–Crippen MR) is 92.7 cm³/mol. The van der Waals surface area contributed by atoms with E-state index < -0.39 is 35.4 Å². The number of fused-ring (bicyclic) bond motifs is 1. The fourth-order valence-electron chi connectivity index (χ4n) is 2.52. The van der Waals surface area contributed by atoms with Crippen molar-refractivity contribution in [1.82, 2.24) is 9.78 Å². The van der Waals surface area contributed by atoms with Gasteiger partial charge in [0.1, 0.15) is 12.2 Å². The minimum atomic E-state index is -4.63. The highest BCUT2D eigenvalue weighted by molar-refractivity contribution is 8.00. The number of thioether (sulfide) groups is 1. The lowest BCUT2D eigenvalue weighted by Crippen LogP contribution is -2.40. The molecule has 27 heavy (non-hydrogen) atoms. The average Bonchev–Trinajstić information content (AvgIpc) is 2.60. The smallest absolute Gasteiger partial charge is 0.324 e. The van der Waals surface area contributed by atoms with Gasteiger partial charge in [-0.25, -0.2) is 4.68 Å². The molecular formula is C16H13F3N4O3S. The van der Waals surface area contributed by atoms with Gasteiger partial charge < -0.3 is 10.2 Å². The minimum Gasteiger partial charge on any atom is -0.324 e. The topological polar surface area (TPSA) is 84.3 Å². The Morgan fingerprint density at radius 1 is 1.30 bits per heavy atom. The van der Waals surface area contributed by atoms with Crippen LogP contribution in [-0.4, -0.2) is 34.4 Å². The molecule has 0 atom stereocenters. The van der Waals surface area contributed by atoms with Gasteiger partial charge in [-0.2, -0.15) is 18.3 Å². The van der Waals surface area contributed by atoms with E-state index in [1.165, 1.54) is 30.3 Å². The van der Waals surface area contributed by atoms with Gasteiger partial charge in [-0.1, -0.05) is 12.1 Å². The van der Waals surface area contributed by atoms with Crippen LogP contribution in [0.1, 0.15) is 5.56 Å². The number of aromatic nitrogens is 2. The third-order valence-corrected chi connectivity index (χ3v) is 4.85. The molecule has 1 N–H and O–H groups in total. The van der Waals surface area contributed by atoms with Crippen molar-refractivity contribution in [3.8, 4) is 0 Å². The number of halogens is 3. The van der Waals surface area contributed by atoms with Gasteiger partial charge in [-0.15, -0.1) is 11.8 Å². The monoisotopic (exact) mass is 398 g/mol. The van der Waals surface area contributed by atoms with Gasteiger partial charge in [0.2, 0.25) is 11.8 Å². The van der Waals surface area contributed by atoms with Crippen molar-refractivity contribution in [2.24, 2.45) is 0 Å². The molecule has 0 radical (unpaired) electrons. The van der Waals surface area contributed by atoms with Crippen LogP contribution in [-0.2, 0) is 22.3 Å². The van der Waals surface area contributed by atoms with Crippen molar-refractivity contribution < 1.29 is 22.8 Å². The van der Waals surface area contributed by atoms with Gasteiger partial charge in [0, 0.05) is 7.05 Å². The first-order chi connectivity index (χ1) is 12.7. The number of rotatable bonds is 3. The number of hydrogen-bond acceptors (Lipinski definition) is 5. The molecule has 11 heteroatoms. The van der Waals surface area contributed by atoms with Crippen LogP contribution in [0.25, 0.3) is 0 Å². The molecule has 0 unspecified atom stereocenters. The molecule has 1 aromatic heterocycles. The van der Waals surface area contributed by atoms with Crippen molar-refractivity contribution in [1.29, 1.82) is 0 Å². The number of alkyl halides is 3. The molecule has 1 aromatic carbocycles. The van der Waals surface area contributed by atoms with Gasteiger partial charge in [-0.3, -0.25) is 14.4 Å². The third-order valence-electron chi connectivity index (χ3n) is 3.85. The summed E-state index contributed by atoms with van der Waals surface area (Å²) < 4.78 is 39.8. The molecular weight excluding hydrogens is 385 g/mol. The number of hydrogen-bond donors (Lipinski definition) is 1. The van der Waals surface area contributed by atoms with Crippen LogP contribution in [0.4, 0.5) is 24.5 Å². The summed E-state index contributed by atoms with van der Waals surface area (Å²) in [7, 11) is 1.44. The van der Waals surface area contributed by atoms with E-state index in [1.54, 1.807) is 0 Å². The second-order valence-electron chi connectivity index (χ2n) is 5.65. The van der Waals surface area contributed by atoms with Crippen LogP contribution >= 0.6 is 11.8 Å². The average molecular weight is 398 g/mol. The third kappa shape index (κ3) is 3.82. The van der Waals surface area contributed by atoms with E-state index in [9.17, 15) is 27.6 Å². The maximum absolute atomic E-state index is 13.0. The summed E-state index contributed by atoms with van der Waals surface area (Å²) in [5.41, 5.74) is -1.99. The SMILES string of the molecule is CN1C(=O)CSc2cnn(CC(=O)Nc3ccccc3C(F)(F)F)c(=O)c21. The van der Waals surface area contributed by atoms with Gasteiger partial charge in [0.15, 0.2) is 0 Å². The van der Waals surface area contributed by atoms with E-state index in [4.69, 9.17) is 0 Å². The highest BCUT2D eigenvalue weighted by Gasteiger charge is 2.33. The van der Waals surface area contributed by atoms with Crippen molar-refractivity contribution in [3.05, 3.63) is 46.4 Å². The molecule has 0 saturated carbocycles. The summed E-state index contributed by atoms with van der Waals surface area (Å²) in [6.07, 6.45) is -3.29. The van der Waals surface area contributed by atoms with Crippen molar-refractivity contribution in [2.75, 3.05) is 23.0 Å². The summed E-state index contributed by atoms with van der Waals surface area (Å²) in [4.78, 5) is 38.1. The first kappa shape index (κ1) is 19.0. The molecule has 142 valence electrons. The number of benzene rings is 1.